The van der Waals surface area contributed by atoms with Crippen LogP contribution in [0.5, 0.6) is 0 Å². The number of fused-ring (bicyclic) bond motifs is 1. The van der Waals surface area contributed by atoms with Gasteiger partial charge < -0.3 is 9.80 Å². The van der Waals surface area contributed by atoms with Crippen LogP contribution in [0.2, 0.25) is 0 Å². The first-order valence-electron chi connectivity index (χ1n) is 9.70. The number of anilines is 1. The lowest BCUT2D eigenvalue weighted by molar-refractivity contribution is 0.0746. The molecule has 0 aliphatic carbocycles. The van der Waals surface area contributed by atoms with Gasteiger partial charge in [-0.05, 0) is 55.0 Å². The molecular formula is C22H25N3OS2. The molecule has 0 unspecified atom stereocenters. The Morgan fingerprint density at radius 3 is 2.68 bits per heavy atom. The molecule has 2 heterocycles. The number of hydrogen-bond acceptors (Lipinski definition) is 5. The molecule has 1 amide bonds. The fourth-order valence-electron chi connectivity index (χ4n) is 3.52. The summed E-state index contributed by atoms with van der Waals surface area (Å²) in [6, 6.07) is 12.3. The van der Waals surface area contributed by atoms with Crippen molar-refractivity contribution in [2.45, 2.75) is 25.7 Å². The first-order chi connectivity index (χ1) is 13.6. The van der Waals surface area contributed by atoms with Gasteiger partial charge in [-0.3, -0.25) is 4.79 Å². The lowest BCUT2D eigenvalue weighted by atomic mass is 10.1. The molecule has 1 fully saturated rings. The Labute approximate surface area is 174 Å². The van der Waals surface area contributed by atoms with E-state index in [1.54, 1.807) is 23.1 Å². The van der Waals surface area contributed by atoms with Crippen molar-refractivity contribution in [1.82, 2.24) is 9.88 Å². The summed E-state index contributed by atoms with van der Waals surface area (Å²) < 4.78 is 1.24. The Hall–Kier alpha value is -2.05. The molecule has 0 saturated carbocycles. The fraction of sp³-hybridized carbons (Fsp3) is 0.364. The van der Waals surface area contributed by atoms with E-state index in [-0.39, 0.29) is 5.91 Å². The van der Waals surface area contributed by atoms with Gasteiger partial charge in [0.25, 0.3) is 5.91 Å². The van der Waals surface area contributed by atoms with E-state index in [0.29, 0.717) is 0 Å². The van der Waals surface area contributed by atoms with Crippen LogP contribution in [-0.4, -0.2) is 47.7 Å². The number of aryl methyl sites for hydroxylation is 2. The highest BCUT2D eigenvalue weighted by Gasteiger charge is 2.24. The maximum atomic E-state index is 12.9. The van der Waals surface area contributed by atoms with Gasteiger partial charge in [0.1, 0.15) is 0 Å². The Kier molecular flexibility index (Phi) is 5.60. The van der Waals surface area contributed by atoms with E-state index in [4.69, 9.17) is 4.98 Å². The number of carbonyl (C=O) groups excluding carboxylic acids is 1. The molecule has 6 heteroatoms. The van der Waals surface area contributed by atoms with Crippen molar-refractivity contribution in [3.63, 3.8) is 0 Å². The molecule has 0 N–H and O–H groups in total. The Morgan fingerprint density at radius 1 is 1.14 bits per heavy atom. The minimum absolute atomic E-state index is 0.133. The largest absolute Gasteiger partial charge is 0.345 e. The molecular weight excluding hydrogens is 386 g/mol. The fourth-order valence-corrected chi connectivity index (χ4v) is 5.31. The number of nitrogens with zero attached hydrogens (tertiary/aromatic N) is 3. The van der Waals surface area contributed by atoms with E-state index in [9.17, 15) is 4.79 Å². The number of thioether (sulfide) groups is 1. The van der Waals surface area contributed by atoms with Crippen LogP contribution in [0, 0.1) is 13.8 Å². The molecule has 1 aromatic heterocycles. The van der Waals surface area contributed by atoms with Gasteiger partial charge >= 0.3 is 0 Å². The van der Waals surface area contributed by atoms with Gasteiger partial charge in [-0.15, -0.1) is 11.8 Å². The summed E-state index contributed by atoms with van der Waals surface area (Å²) in [5.74, 6) is 1.14. The highest BCUT2D eigenvalue weighted by atomic mass is 32.2. The predicted molar refractivity (Wildman–Crippen MR) is 120 cm³/mol. The first kappa shape index (κ1) is 19.3. The summed E-state index contributed by atoms with van der Waals surface area (Å²) in [6.07, 6.45) is 0. The van der Waals surface area contributed by atoms with Gasteiger partial charge in [0.15, 0.2) is 5.13 Å². The van der Waals surface area contributed by atoms with E-state index in [1.165, 1.54) is 15.8 Å². The second kappa shape index (κ2) is 8.13. The van der Waals surface area contributed by atoms with Crippen LogP contribution in [0.25, 0.3) is 10.2 Å². The molecule has 3 aromatic rings. The summed E-state index contributed by atoms with van der Waals surface area (Å²) >= 11 is 3.52. The van der Waals surface area contributed by atoms with Crippen molar-refractivity contribution in [2.24, 2.45) is 0 Å². The van der Waals surface area contributed by atoms with Gasteiger partial charge in [0.05, 0.1) is 10.2 Å². The van der Waals surface area contributed by atoms with Gasteiger partial charge in [0.2, 0.25) is 0 Å². The molecule has 0 atom stereocenters. The van der Waals surface area contributed by atoms with Crippen LogP contribution >= 0.6 is 23.1 Å². The summed E-state index contributed by atoms with van der Waals surface area (Å²) in [7, 11) is 0. The number of benzene rings is 2. The van der Waals surface area contributed by atoms with Crippen molar-refractivity contribution in [3.8, 4) is 0 Å². The molecule has 0 spiro atoms. The Morgan fingerprint density at radius 2 is 1.93 bits per heavy atom. The monoisotopic (exact) mass is 411 g/mol. The molecule has 0 radical (unpaired) electrons. The van der Waals surface area contributed by atoms with Crippen LogP contribution in [0.3, 0.4) is 0 Å². The first-order valence-corrected chi connectivity index (χ1v) is 11.5. The molecule has 1 aliphatic heterocycles. The minimum atomic E-state index is 0.133. The van der Waals surface area contributed by atoms with E-state index in [0.717, 1.165) is 53.0 Å². The van der Waals surface area contributed by atoms with Crippen molar-refractivity contribution in [2.75, 3.05) is 36.8 Å². The topological polar surface area (TPSA) is 36.4 Å². The van der Waals surface area contributed by atoms with Gasteiger partial charge in [-0.1, -0.05) is 30.4 Å². The molecule has 1 saturated heterocycles. The highest BCUT2D eigenvalue weighted by molar-refractivity contribution is 7.99. The summed E-state index contributed by atoms with van der Waals surface area (Å²) in [6.45, 7) is 9.52. The predicted octanol–water partition coefficient (Wildman–Crippen LogP) is 4.99. The normalized spacial score (nSPS) is 14.7. The third-order valence-electron chi connectivity index (χ3n) is 5.30. The van der Waals surface area contributed by atoms with Crippen LogP contribution in [0.1, 0.15) is 28.4 Å². The Bertz CT molecular complexity index is 1010. The average Bonchev–Trinajstić information content (AvgIpc) is 3.16. The second-order valence-electron chi connectivity index (χ2n) is 7.09. The number of rotatable bonds is 4. The number of amides is 1. The third-order valence-corrected chi connectivity index (χ3v) is 7.26. The van der Waals surface area contributed by atoms with Crippen LogP contribution < -0.4 is 4.90 Å². The Balaban J connectivity index is 1.45. The standard InChI is InChI=1S/C22H25N3OS2/c1-4-27-18-7-5-6-17(14-18)21(26)24-10-12-25(13-11-24)22-23-20-16(3)15(2)8-9-19(20)28-22/h5-9,14H,4,10-13H2,1-3H3. The van der Waals surface area contributed by atoms with Crippen molar-refractivity contribution in [1.29, 1.82) is 0 Å². The number of piperazine rings is 1. The average molecular weight is 412 g/mol. The van der Waals surface area contributed by atoms with Gasteiger partial charge in [0, 0.05) is 36.6 Å². The lowest BCUT2D eigenvalue weighted by Gasteiger charge is -2.34. The SMILES string of the molecule is CCSc1cccc(C(=O)N2CCN(c3nc4c(C)c(C)ccc4s3)CC2)c1. The number of thiazole rings is 1. The molecule has 2 aromatic carbocycles. The third kappa shape index (κ3) is 3.76. The maximum Gasteiger partial charge on any atom is 0.254 e. The minimum Gasteiger partial charge on any atom is -0.345 e. The zero-order valence-corrected chi connectivity index (χ0v) is 18.2. The number of hydrogen-bond donors (Lipinski definition) is 0. The summed E-state index contributed by atoms with van der Waals surface area (Å²) in [5.41, 5.74) is 4.45. The zero-order valence-electron chi connectivity index (χ0n) is 16.6. The van der Waals surface area contributed by atoms with E-state index in [1.807, 2.05) is 23.1 Å². The highest BCUT2D eigenvalue weighted by Crippen LogP contribution is 2.32. The van der Waals surface area contributed by atoms with Crippen molar-refractivity contribution in [3.05, 3.63) is 53.1 Å². The quantitative estimate of drug-likeness (QED) is 0.567. The summed E-state index contributed by atoms with van der Waals surface area (Å²) in [4.78, 5) is 23.2. The van der Waals surface area contributed by atoms with E-state index in [2.05, 4.69) is 43.9 Å². The van der Waals surface area contributed by atoms with Gasteiger partial charge in [-0.2, -0.15) is 0 Å². The zero-order chi connectivity index (χ0) is 19.7. The lowest BCUT2D eigenvalue weighted by Crippen LogP contribution is -2.48. The molecule has 4 nitrogen and oxygen atoms in total. The molecule has 146 valence electrons. The molecule has 4 rings (SSSR count). The van der Waals surface area contributed by atoms with Crippen LogP contribution in [-0.2, 0) is 0 Å². The molecule has 28 heavy (non-hydrogen) atoms. The second-order valence-corrected chi connectivity index (χ2v) is 9.44. The number of aromatic nitrogens is 1. The molecule has 1 aliphatic rings. The van der Waals surface area contributed by atoms with E-state index >= 15 is 0 Å². The van der Waals surface area contributed by atoms with Crippen LogP contribution in [0.4, 0.5) is 5.13 Å². The van der Waals surface area contributed by atoms with E-state index < -0.39 is 0 Å². The van der Waals surface area contributed by atoms with Crippen molar-refractivity contribution < 1.29 is 4.79 Å². The smallest absolute Gasteiger partial charge is 0.254 e. The summed E-state index contributed by atoms with van der Waals surface area (Å²) in [5, 5.41) is 1.07. The van der Waals surface area contributed by atoms with Gasteiger partial charge in [-0.25, -0.2) is 4.98 Å². The molecule has 0 bridgehead atoms. The number of carbonyl (C=O) groups is 1. The maximum absolute atomic E-state index is 12.9. The van der Waals surface area contributed by atoms with Crippen LogP contribution in [0.15, 0.2) is 41.3 Å². The van der Waals surface area contributed by atoms with Crippen molar-refractivity contribution >= 4 is 44.4 Å².